The van der Waals surface area contributed by atoms with Crippen molar-refractivity contribution in [3.63, 3.8) is 0 Å². The minimum atomic E-state index is 0. The van der Waals surface area contributed by atoms with E-state index in [0.717, 1.165) is 0 Å². The summed E-state index contributed by atoms with van der Waals surface area (Å²) in [6.45, 7) is 0. The molecule has 0 nitrogen and oxygen atoms in total. The van der Waals surface area contributed by atoms with Crippen molar-refractivity contribution in [1.82, 2.24) is 0 Å². The Morgan fingerprint density at radius 3 is 0.500 bits per heavy atom. The van der Waals surface area contributed by atoms with Crippen LogP contribution >= 0.6 is 0 Å². The maximum Gasteiger partial charge on any atom is 0 e. The van der Waals surface area contributed by atoms with Crippen LogP contribution in [0.5, 0.6) is 0 Å². The molecular weight excluding hydrogens is 628 g/mol. The third-order valence-corrected chi connectivity index (χ3v) is 0. The van der Waals surface area contributed by atoms with Crippen LogP contribution < -0.4 is 0 Å². The number of hydrogen-bond donors (Lipinski definition) is 0. The van der Waals surface area contributed by atoms with Crippen molar-refractivity contribution in [1.29, 1.82) is 0 Å². The molecule has 0 aliphatic carbocycles. The quantitative estimate of drug-likeness (QED) is 0.355. The van der Waals surface area contributed by atoms with E-state index in [1.54, 1.807) is 0 Å². The van der Waals surface area contributed by atoms with Crippen LogP contribution in [0.25, 0.3) is 0 Å². The van der Waals surface area contributed by atoms with Crippen LogP contribution in [0.15, 0.2) is 0 Å². The Kier molecular flexibility index (Phi) is 89.7. The van der Waals surface area contributed by atoms with Crippen molar-refractivity contribution < 1.29 is 176 Å². The Morgan fingerprint density at radius 2 is 0.500 bits per heavy atom. The van der Waals surface area contributed by atoms with Gasteiger partial charge in [-0.2, -0.15) is 0 Å². The molecule has 0 bridgehead atoms. The molecule has 0 saturated carbocycles. The van der Waals surface area contributed by atoms with Crippen molar-refractivity contribution in [2.24, 2.45) is 0 Å². The Morgan fingerprint density at radius 1 is 0.500 bits per heavy atom. The van der Waals surface area contributed by atoms with Gasteiger partial charge >= 0.3 is 0 Å². The fraction of sp³-hybridized carbons (Fsp3) is 0. The normalized spacial score (nSPS) is 0. The fourth-order valence-corrected chi connectivity index (χ4v) is 0. The minimum absolute atomic E-state index is 0. The summed E-state index contributed by atoms with van der Waals surface area (Å²) in [6, 6.07) is 0. The Bertz CT molecular complexity index is 4.00. The van der Waals surface area contributed by atoms with Gasteiger partial charge in [0.25, 0.3) is 0 Å². The monoisotopic (exact) mass is 630 g/mol. The summed E-state index contributed by atoms with van der Waals surface area (Å²) in [4.78, 5) is 0. The van der Waals surface area contributed by atoms with E-state index in [0.29, 0.717) is 0 Å². The molecule has 0 fully saturated rings. The van der Waals surface area contributed by atoms with Gasteiger partial charge in [0.15, 0.2) is 0 Å². The Balaban J connectivity index is 0. The van der Waals surface area contributed by atoms with Crippen LogP contribution in [0.4, 0.5) is 0 Å². The topological polar surface area (TPSA) is 0 Å². The standard InChI is InChI=1S/2Pr.2Yb. The van der Waals surface area contributed by atoms with Crippen LogP contribution in [-0.2, 0) is 0 Å². The molecule has 0 aliphatic rings. The van der Waals surface area contributed by atoms with E-state index >= 15 is 0 Å². The van der Waals surface area contributed by atoms with Crippen LogP contribution in [0.2, 0.25) is 0 Å². The number of hydrogen-bond acceptors (Lipinski definition) is 0. The molecule has 0 aromatic carbocycles. The summed E-state index contributed by atoms with van der Waals surface area (Å²) < 4.78 is 0. The summed E-state index contributed by atoms with van der Waals surface area (Å²) >= 11 is 0. The SMILES string of the molecule is [Pr].[Pr].[Yb].[Yb]. The van der Waals surface area contributed by atoms with Gasteiger partial charge in [-0.15, -0.1) is 0 Å². The van der Waals surface area contributed by atoms with Crippen molar-refractivity contribution in [2.75, 3.05) is 0 Å². The predicted molar refractivity (Wildman–Crippen MR) is 0 cm³/mol. The zero-order valence-corrected chi connectivity index (χ0v) is 12.5. The first-order valence-corrected chi connectivity index (χ1v) is 0. The largest absolute Gasteiger partial charge is 0 e. The van der Waals surface area contributed by atoms with Gasteiger partial charge in [-0.1, -0.05) is 0 Å². The first-order chi connectivity index (χ1) is 0. The first kappa shape index (κ1) is 22.6. The van der Waals surface area contributed by atoms with Crippen LogP contribution in [0.1, 0.15) is 0 Å². The van der Waals surface area contributed by atoms with E-state index < -0.39 is 0 Å². The van der Waals surface area contributed by atoms with E-state index in [-0.39, 0.29) is 176 Å². The molecule has 0 heterocycles. The summed E-state index contributed by atoms with van der Waals surface area (Å²) in [5.74, 6) is 0. The molecule has 4 heteroatoms. The van der Waals surface area contributed by atoms with E-state index in [1.165, 1.54) is 0 Å². The molecule has 0 spiro atoms. The first-order valence-electron chi connectivity index (χ1n) is 0. The van der Waals surface area contributed by atoms with E-state index in [1.807, 2.05) is 0 Å². The second-order valence-corrected chi connectivity index (χ2v) is 0. The second-order valence-electron chi connectivity index (χ2n) is 0. The molecule has 0 aromatic rings. The maximum atomic E-state index is 0. The van der Waals surface area contributed by atoms with E-state index in [9.17, 15) is 0 Å². The average molecular weight is 628 g/mol. The number of rotatable bonds is 0. The van der Waals surface area contributed by atoms with Gasteiger partial charge in [-0.05, 0) is 0 Å². The molecule has 2 radical (unpaired) electrons. The van der Waals surface area contributed by atoms with E-state index in [4.69, 9.17) is 0 Å². The predicted octanol–water partition coefficient (Wildman–Crippen LogP) is 0. The maximum absolute atomic E-state index is 0. The molecule has 0 N–H and O–H groups in total. The third-order valence-electron chi connectivity index (χ3n) is 0. The summed E-state index contributed by atoms with van der Waals surface area (Å²) in [5.41, 5.74) is 0. The van der Waals surface area contributed by atoms with Crippen molar-refractivity contribution in [3.8, 4) is 0 Å². The van der Waals surface area contributed by atoms with Gasteiger partial charge in [-0.25, -0.2) is 0 Å². The molecule has 0 aliphatic heterocycles. The van der Waals surface area contributed by atoms with Gasteiger partial charge in [-0.3, -0.25) is 0 Å². The molecular formula is Pr2Yb2. The van der Waals surface area contributed by atoms with Crippen LogP contribution in [0.3, 0.4) is 0 Å². The molecule has 0 atom stereocenters. The van der Waals surface area contributed by atoms with Crippen LogP contribution in [0, 0.1) is 176 Å². The smallest absolute Gasteiger partial charge is 0 e. The van der Waals surface area contributed by atoms with Crippen molar-refractivity contribution in [3.05, 3.63) is 0 Å². The summed E-state index contributed by atoms with van der Waals surface area (Å²) in [5, 5.41) is 0. The van der Waals surface area contributed by atoms with E-state index in [2.05, 4.69) is 0 Å². The molecule has 0 rings (SSSR count). The molecule has 0 amide bonds. The third kappa shape index (κ3) is 10.7. The van der Waals surface area contributed by atoms with Crippen LogP contribution in [-0.4, -0.2) is 0 Å². The zero-order valence-electron chi connectivity index (χ0n) is 1.69. The minimum Gasteiger partial charge on any atom is 0 e. The Hall–Kier alpha value is 5.77. The summed E-state index contributed by atoms with van der Waals surface area (Å²) in [6.07, 6.45) is 0. The van der Waals surface area contributed by atoms with Crippen molar-refractivity contribution in [2.45, 2.75) is 0 Å². The molecule has 34 valence electrons. The molecule has 4 heavy (non-hydrogen) atoms. The Labute approximate surface area is 170 Å². The van der Waals surface area contributed by atoms with Gasteiger partial charge in [0.2, 0.25) is 0 Å². The van der Waals surface area contributed by atoms with Gasteiger partial charge < -0.3 is 0 Å². The molecule has 0 aromatic heterocycles. The molecule has 0 unspecified atom stereocenters. The zero-order chi connectivity index (χ0) is 0. The van der Waals surface area contributed by atoms with Gasteiger partial charge in [0, 0.05) is 176 Å². The van der Waals surface area contributed by atoms with Gasteiger partial charge in [0.05, 0.1) is 0 Å². The average Bonchev–Trinajstić information content (AvgIpc) is 0. The van der Waals surface area contributed by atoms with Crippen molar-refractivity contribution >= 4 is 0 Å². The second kappa shape index (κ2) is 15.9. The fourth-order valence-electron chi connectivity index (χ4n) is 0. The summed E-state index contributed by atoms with van der Waals surface area (Å²) in [7, 11) is 0. The molecule has 0 saturated heterocycles. The van der Waals surface area contributed by atoms with Gasteiger partial charge in [0.1, 0.15) is 0 Å².